The highest BCUT2D eigenvalue weighted by Crippen LogP contribution is 2.31. The average molecular weight is 464 g/mol. The second kappa shape index (κ2) is 9.67. The summed E-state index contributed by atoms with van der Waals surface area (Å²) in [7, 11) is 0. The van der Waals surface area contributed by atoms with Crippen LogP contribution in [0, 0.1) is 20.2 Å². The molecule has 0 saturated carbocycles. The van der Waals surface area contributed by atoms with Gasteiger partial charge in [0.15, 0.2) is 5.11 Å². The number of carbonyl (C=O) groups is 1. The molecular formula is C19H18ClN5O5S. The predicted octanol–water partition coefficient (Wildman–Crippen LogP) is 4.27. The standard InChI is InChI=1S/C19H18ClN5O5S/c20-14-6-5-13(11-16(14)24(27)28)21-19(31)22-18(26)12-4-7-15(17(10-12)25(29)30)23-8-2-1-3-9-23/h4-7,10-11H,1-3,8-9H2,(H2,21,22,26,31). The number of nitro groups is 2. The van der Waals surface area contributed by atoms with E-state index in [-0.39, 0.29) is 32.8 Å². The Labute approximate surface area is 187 Å². The molecule has 2 aromatic rings. The molecule has 31 heavy (non-hydrogen) atoms. The summed E-state index contributed by atoms with van der Waals surface area (Å²) in [5.74, 6) is -0.644. The molecule has 3 rings (SSSR count). The van der Waals surface area contributed by atoms with E-state index >= 15 is 0 Å². The number of amides is 1. The molecule has 1 aliphatic heterocycles. The lowest BCUT2D eigenvalue weighted by Crippen LogP contribution is -2.34. The largest absolute Gasteiger partial charge is 0.366 e. The van der Waals surface area contributed by atoms with Crippen molar-refractivity contribution in [2.75, 3.05) is 23.3 Å². The topological polar surface area (TPSA) is 131 Å². The first-order valence-corrected chi connectivity index (χ1v) is 10.1. The Bertz CT molecular complexity index is 1060. The van der Waals surface area contributed by atoms with Gasteiger partial charge in [0.05, 0.1) is 9.85 Å². The quantitative estimate of drug-likeness (QED) is 0.381. The molecule has 10 nitrogen and oxygen atoms in total. The molecule has 0 bridgehead atoms. The molecule has 0 aromatic heterocycles. The number of hydrogen-bond donors (Lipinski definition) is 2. The number of piperidine rings is 1. The third-order valence-corrected chi connectivity index (χ3v) is 5.28. The maximum absolute atomic E-state index is 12.5. The molecule has 0 spiro atoms. The lowest BCUT2D eigenvalue weighted by Gasteiger charge is -2.28. The molecule has 1 aliphatic rings. The molecule has 1 saturated heterocycles. The summed E-state index contributed by atoms with van der Waals surface area (Å²) < 4.78 is 0. The van der Waals surface area contributed by atoms with Gasteiger partial charge in [0.1, 0.15) is 10.7 Å². The van der Waals surface area contributed by atoms with Crippen molar-refractivity contribution in [3.63, 3.8) is 0 Å². The van der Waals surface area contributed by atoms with Crippen LogP contribution in [-0.2, 0) is 0 Å². The van der Waals surface area contributed by atoms with E-state index in [1.54, 1.807) is 6.07 Å². The van der Waals surface area contributed by atoms with Crippen LogP contribution in [-0.4, -0.2) is 34.0 Å². The molecule has 0 radical (unpaired) electrons. The maximum atomic E-state index is 12.5. The molecule has 1 heterocycles. The number of halogens is 1. The van der Waals surface area contributed by atoms with Gasteiger partial charge in [-0.2, -0.15) is 0 Å². The van der Waals surface area contributed by atoms with Gasteiger partial charge in [-0.05, 0) is 55.7 Å². The zero-order valence-electron chi connectivity index (χ0n) is 16.2. The van der Waals surface area contributed by atoms with Gasteiger partial charge >= 0.3 is 0 Å². The lowest BCUT2D eigenvalue weighted by molar-refractivity contribution is -0.384. The highest BCUT2D eigenvalue weighted by Gasteiger charge is 2.23. The van der Waals surface area contributed by atoms with E-state index in [0.29, 0.717) is 5.69 Å². The van der Waals surface area contributed by atoms with Gasteiger partial charge in [-0.3, -0.25) is 30.3 Å². The first kappa shape index (κ1) is 22.4. The third kappa shape index (κ3) is 5.44. The molecule has 1 amide bonds. The number of anilines is 2. The van der Waals surface area contributed by atoms with Crippen LogP contribution in [0.2, 0.25) is 5.02 Å². The molecule has 162 valence electrons. The molecule has 2 N–H and O–H groups in total. The molecule has 0 unspecified atom stereocenters. The summed E-state index contributed by atoms with van der Waals surface area (Å²) in [6.07, 6.45) is 3.01. The number of nitrogens with one attached hydrogen (secondary N) is 2. The molecule has 12 heteroatoms. The van der Waals surface area contributed by atoms with E-state index in [2.05, 4.69) is 10.6 Å². The van der Waals surface area contributed by atoms with Crippen LogP contribution in [0.5, 0.6) is 0 Å². The predicted molar refractivity (Wildman–Crippen MR) is 121 cm³/mol. The van der Waals surface area contributed by atoms with Crippen LogP contribution in [0.25, 0.3) is 0 Å². The van der Waals surface area contributed by atoms with E-state index < -0.39 is 15.8 Å². The third-order valence-electron chi connectivity index (χ3n) is 4.76. The number of nitrogens with zero attached hydrogens (tertiary/aromatic N) is 3. The first-order chi connectivity index (χ1) is 14.8. The van der Waals surface area contributed by atoms with Gasteiger partial charge in [0, 0.05) is 36.5 Å². The summed E-state index contributed by atoms with van der Waals surface area (Å²) in [6.45, 7) is 1.46. The van der Waals surface area contributed by atoms with Crippen LogP contribution in [0.1, 0.15) is 29.6 Å². The van der Waals surface area contributed by atoms with Crippen molar-refractivity contribution >= 4 is 57.6 Å². The van der Waals surface area contributed by atoms with Crippen LogP contribution < -0.4 is 15.5 Å². The summed E-state index contributed by atoms with van der Waals surface area (Å²) >= 11 is 10.8. The molecular weight excluding hydrogens is 446 g/mol. The minimum Gasteiger partial charge on any atom is -0.366 e. The summed E-state index contributed by atoms with van der Waals surface area (Å²) in [5, 5.41) is 27.5. The fourth-order valence-electron chi connectivity index (χ4n) is 3.28. The summed E-state index contributed by atoms with van der Waals surface area (Å²) in [4.78, 5) is 35.9. The van der Waals surface area contributed by atoms with E-state index in [4.69, 9.17) is 23.8 Å². The van der Waals surface area contributed by atoms with E-state index in [9.17, 15) is 25.0 Å². The van der Waals surface area contributed by atoms with E-state index in [0.717, 1.165) is 32.4 Å². The fraction of sp³-hybridized carbons (Fsp3) is 0.263. The van der Waals surface area contributed by atoms with Gasteiger partial charge in [-0.15, -0.1) is 0 Å². The Morgan fingerprint density at radius 1 is 1.00 bits per heavy atom. The Balaban J connectivity index is 1.73. The van der Waals surface area contributed by atoms with Crippen molar-refractivity contribution < 1.29 is 14.6 Å². The smallest absolute Gasteiger partial charge is 0.293 e. The van der Waals surface area contributed by atoms with Gasteiger partial charge in [-0.25, -0.2) is 0 Å². The van der Waals surface area contributed by atoms with Gasteiger partial charge < -0.3 is 10.2 Å². The van der Waals surface area contributed by atoms with Crippen molar-refractivity contribution in [3.05, 3.63) is 67.2 Å². The van der Waals surface area contributed by atoms with E-state index in [1.165, 1.54) is 30.3 Å². The SMILES string of the molecule is O=C(NC(=S)Nc1ccc(Cl)c([N+](=O)[O-])c1)c1ccc(N2CCCCC2)c([N+](=O)[O-])c1. The van der Waals surface area contributed by atoms with Crippen molar-refractivity contribution in [2.24, 2.45) is 0 Å². The summed E-state index contributed by atoms with van der Waals surface area (Å²) in [5.41, 5.74) is 0.341. The van der Waals surface area contributed by atoms with Crippen molar-refractivity contribution in [1.82, 2.24) is 5.32 Å². The second-order valence-electron chi connectivity index (χ2n) is 6.84. The Morgan fingerprint density at radius 2 is 1.68 bits per heavy atom. The number of thiocarbonyl (C=S) groups is 1. The van der Waals surface area contributed by atoms with Crippen LogP contribution in [0.4, 0.5) is 22.7 Å². The number of benzene rings is 2. The highest BCUT2D eigenvalue weighted by molar-refractivity contribution is 7.80. The zero-order chi connectivity index (χ0) is 22.5. The number of carbonyl (C=O) groups excluding carboxylic acids is 1. The molecule has 1 fully saturated rings. The van der Waals surface area contributed by atoms with Gasteiger partial charge in [-0.1, -0.05) is 11.6 Å². The normalized spacial score (nSPS) is 13.4. The Morgan fingerprint density at radius 3 is 2.32 bits per heavy atom. The van der Waals surface area contributed by atoms with Gasteiger partial charge in [0.2, 0.25) is 0 Å². The van der Waals surface area contributed by atoms with Crippen LogP contribution in [0.15, 0.2) is 36.4 Å². The second-order valence-corrected chi connectivity index (χ2v) is 7.66. The number of nitro benzene ring substituents is 2. The lowest BCUT2D eigenvalue weighted by atomic mass is 10.1. The Kier molecular flexibility index (Phi) is 6.98. The molecule has 0 atom stereocenters. The minimum atomic E-state index is -0.644. The molecule has 0 aliphatic carbocycles. The van der Waals surface area contributed by atoms with Crippen molar-refractivity contribution in [1.29, 1.82) is 0 Å². The summed E-state index contributed by atoms with van der Waals surface area (Å²) in [6, 6.07) is 8.26. The highest BCUT2D eigenvalue weighted by atomic mass is 35.5. The van der Waals surface area contributed by atoms with Crippen molar-refractivity contribution in [3.8, 4) is 0 Å². The Hall–Kier alpha value is -3.31. The van der Waals surface area contributed by atoms with Crippen molar-refractivity contribution in [2.45, 2.75) is 19.3 Å². The van der Waals surface area contributed by atoms with Crippen LogP contribution in [0.3, 0.4) is 0 Å². The van der Waals surface area contributed by atoms with E-state index in [1.807, 2.05) is 4.90 Å². The monoisotopic (exact) mass is 463 g/mol. The first-order valence-electron chi connectivity index (χ1n) is 9.36. The fourth-order valence-corrected chi connectivity index (χ4v) is 3.68. The average Bonchev–Trinajstić information content (AvgIpc) is 2.75. The maximum Gasteiger partial charge on any atom is 0.293 e. The number of hydrogen-bond acceptors (Lipinski definition) is 7. The minimum absolute atomic E-state index is 0.0355. The zero-order valence-corrected chi connectivity index (χ0v) is 17.7. The van der Waals surface area contributed by atoms with Crippen LogP contribution >= 0.6 is 23.8 Å². The van der Waals surface area contributed by atoms with Gasteiger partial charge in [0.25, 0.3) is 17.3 Å². The number of rotatable bonds is 5. The molecule has 2 aromatic carbocycles.